The molecule has 0 unspecified atom stereocenters. The molecule has 1 rings (SSSR count). The second-order valence-electron chi connectivity index (χ2n) is 1.97. The Morgan fingerprint density at radius 1 is 1.21 bits per heavy atom. The molecule has 0 aliphatic carbocycles. The van der Waals surface area contributed by atoms with Crippen molar-refractivity contribution in [2.24, 2.45) is 0 Å². The first-order valence-electron chi connectivity index (χ1n) is 3.30. The molecule has 14 heavy (non-hydrogen) atoms. The van der Waals surface area contributed by atoms with Crippen LogP contribution in [0, 0.1) is 11.6 Å². The monoisotopic (exact) mass is 260 g/mol. The molecule has 1 aromatic carbocycles. The van der Waals surface area contributed by atoms with Crippen LogP contribution in [0.15, 0.2) is 18.2 Å². The van der Waals surface area contributed by atoms with Crippen molar-refractivity contribution in [3.63, 3.8) is 0 Å². The summed E-state index contributed by atoms with van der Waals surface area (Å²) in [6.07, 6.45) is 0. The lowest BCUT2D eigenvalue weighted by Crippen LogP contribution is -1.98. The third kappa shape index (κ3) is 4.22. The molecule has 0 amide bonds. The summed E-state index contributed by atoms with van der Waals surface area (Å²) >= 11 is 14.4. The van der Waals surface area contributed by atoms with Crippen molar-refractivity contribution >= 4 is 40.0 Å². The van der Waals surface area contributed by atoms with E-state index in [0.29, 0.717) is 0 Å². The Labute approximate surface area is 94.6 Å². The standard InChI is InChI=1S/C7H3ClF2O.CH2Cl2/c8-7(11)6-4(9)2-1-3-5(6)10;2-1-3/h1-3H;1H2. The van der Waals surface area contributed by atoms with E-state index < -0.39 is 22.4 Å². The van der Waals surface area contributed by atoms with Gasteiger partial charge in [-0.3, -0.25) is 4.79 Å². The zero-order chi connectivity index (χ0) is 11.1. The number of hydrogen-bond acceptors (Lipinski definition) is 1. The number of carbonyl (C=O) groups excluding carboxylic acids is 1. The van der Waals surface area contributed by atoms with E-state index in [2.05, 4.69) is 0 Å². The molecule has 0 N–H and O–H groups in total. The second kappa shape index (κ2) is 6.98. The van der Waals surface area contributed by atoms with Gasteiger partial charge in [-0.2, -0.15) is 0 Å². The first-order valence-corrected chi connectivity index (χ1v) is 4.75. The van der Waals surface area contributed by atoms with Gasteiger partial charge in [0.15, 0.2) is 0 Å². The average molecular weight is 261 g/mol. The molecule has 78 valence electrons. The molecule has 6 heteroatoms. The van der Waals surface area contributed by atoms with Crippen molar-refractivity contribution in [2.45, 2.75) is 0 Å². The van der Waals surface area contributed by atoms with Crippen molar-refractivity contribution in [3.8, 4) is 0 Å². The smallest absolute Gasteiger partial charge is 0.258 e. The van der Waals surface area contributed by atoms with Crippen LogP contribution in [0.2, 0.25) is 0 Å². The molecule has 0 aliphatic heterocycles. The van der Waals surface area contributed by atoms with Crippen LogP contribution in [0.3, 0.4) is 0 Å². The van der Waals surface area contributed by atoms with Crippen LogP contribution in [0.1, 0.15) is 10.4 Å². The van der Waals surface area contributed by atoms with Gasteiger partial charge < -0.3 is 0 Å². The van der Waals surface area contributed by atoms with Crippen LogP contribution < -0.4 is 0 Å². The molecular formula is C8H5Cl3F2O. The molecule has 0 aliphatic rings. The highest BCUT2D eigenvalue weighted by molar-refractivity contribution is 6.67. The van der Waals surface area contributed by atoms with Gasteiger partial charge >= 0.3 is 0 Å². The van der Waals surface area contributed by atoms with Crippen molar-refractivity contribution < 1.29 is 13.6 Å². The SMILES string of the molecule is ClCCl.O=C(Cl)c1c(F)cccc1F. The lowest BCUT2D eigenvalue weighted by molar-refractivity contribution is 0.107. The summed E-state index contributed by atoms with van der Waals surface area (Å²) in [5, 5.41) is -0.930. The van der Waals surface area contributed by atoms with E-state index in [1.807, 2.05) is 0 Å². The molecule has 0 fully saturated rings. The van der Waals surface area contributed by atoms with Crippen molar-refractivity contribution in [2.75, 3.05) is 5.34 Å². The summed E-state index contributed by atoms with van der Waals surface area (Å²) in [5.74, 6) is -1.88. The van der Waals surface area contributed by atoms with Gasteiger partial charge in [0.1, 0.15) is 17.2 Å². The normalized spacial score (nSPS) is 8.93. The van der Waals surface area contributed by atoms with E-state index in [-0.39, 0.29) is 5.34 Å². The highest BCUT2D eigenvalue weighted by atomic mass is 35.5. The van der Waals surface area contributed by atoms with Gasteiger partial charge in [-0.1, -0.05) is 6.07 Å². The minimum atomic E-state index is -1.12. The molecule has 0 saturated carbocycles. The maximum Gasteiger partial charge on any atom is 0.258 e. The van der Waals surface area contributed by atoms with Gasteiger partial charge in [0.25, 0.3) is 5.24 Å². The number of rotatable bonds is 1. The fraction of sp³-hybridized carbons (Fsp3) is 0.125. The summed E-state index contributed by atoms with van der Waals surface area (Å²) in [7, 11) is 0. The van der Waals surface area contributed by atoms with E-state index in [4.69, 9.17) is 34.8 Å². The maximum absolute atomic E-state index is 12.6. The van der Waals surface area contributed by atoms with Gasteiger partial charge in [0.05, 0.1) is 5.34 Å². The van der Waals surface area contributed by atoms with Gasteiger partial charge in [0, 0.05) is 0 Å². The predicted molar refractivity (Wildman–Crippen MR) is 53.1 cm³/mol. The molecule has 0 heterocycles. The Morgan fingerprint density at radius 3 is 1.79 bits per heavy atom. The van der Waals surface area contributed by atoms with E-state index >= 15 is 0 Å². The van der Waals surface area contributed by atoms with Gasteiger partial charge in [-0.25, -0.2) is 8.78 Å². The minimum Gasteiger partial charge on any atom is -0.275 e. The van der Waals surface area contributed by atoms with E-state index in [1.165, 1.54) is 0 Å². The Hall–Kier alpha value is -0.380. The zero-order valence-electron chi connectivity index (χ0n) is 6.74. The minimum absolute atomic E-state index is 0.194. The lowest BCUT2D eigenvalue weighted by Gasteiger charge is -1.96. The Bertz CT molecular complexity index is 297. The number of alkyl halides is 2. The number of benzene rings is 1. The number of halogens is 5. The van der Waals surface area contributed by atoms with Crippen molar-refractivity contribution in [3.05, 3.63) is 35.4 Å². The fourth-order valence-corrected chi connectivity index (χ4v) is 0.866. The zero-order valence-corrected chi connectivity index (χ0v) is 9.01. The highest BCUT2D eigenvalue weighted by Gasteiger charge is 2.13. The number of carbonyl (C=O) groups is 1. The molecule has 0 radical (unpaired) electrons. The molecule has 1 aromatic rings. The highest BCUT2D eigenvalue weighted by Crippen LogP contribution is 2.13. The van der Waals surface area contributed by atoms with E-state index in [9.17, 15) is 13.6 Å². The first-order chi connectivity index (χ1) is 6.54. The van der Waals surface area contributed by atoms with E-state index in [0.717, 1.165) is 18.2 Å². The lowest BCUT2D eigenvalue weighted by atomic mass is 10.2. The molecule has 0 saturated heterocycles. The third-order valence-corrected chi connectivity index (χ3v) is 1.35. The summed E-state index contributed by atoms with van der Waals surface area (Å²) in [6, 6.07) is 3.10. The summed E-state index contributed by atoms with van der Waals surface area (Å²) in [6.45, 7) is 0. The molecular weight excluding hydrogens is 256 g/mol. The Balaban J connectivity index is 0.000000500. The predicted octanol–water partition coefficient (Wildman–Crippen LogP) is 3.77. The molecule has 0 aromatic heterocycles. The molecule has 0 bridgehead atoms. The third-order valence-electron chi connectivity index (χ3n) is 1.16. The molecule has 1 nitrogen and oxygen atoms in total. The molecule has 0 atom stereocenters. The Kier molecular flexibility index (Phi) is 6.79. The second-order valence-corrected chi connectivity index (χ2v) is 3.12. The molecule has 0 spiro atoms. The van der Waals surface area contributed by atoms with Crippen LogP contribution in [0.5, 0.6) is 0 Å². The average Bonchev–Trinajstić information content (AvgIpc) is 2.04. The first kappa shape index (κ1) is 13.6. The number of hydrogen-bond donors (Lipinski definition) is 0. The van der Waals surface area contributed by atoms with Crippen molar-refractivity contribution in [1.29, 1.82) is 0 Å². The van der Waals surface area contributed by atoms with Crippen LogP contribution in [-0.2, 0) is 0 Å². The summed E-state index contributed by atoms with van der Waals surface area (Å²) in [5.41, 5.74) is -0.700. The summed E-state index contributed by atoms with van der Waals surface area (Å²) < 4.78 is 25.1. The van der Waals surface area contributed by atoms with Crippen LogP contribution in [-0.4, -0.2) is 10.6 Å². The van der Waals surface area contributed by atoms with Gasteiger partial charge in [-0.15, -0.1) is 23.2 Å². The topological polar surface area (TPSA) is 17.1 Å². The van der Waals surface area contributed by atoms with Gasteiger partial charge in [-0.05, 0) is 23.7 Å². The Morgan fingerprint density at radius 2 is 1.57 bits per heavy atom. The van der Waals surface area contributed by atoms with Crippen LogP contribution in [0.4, 0.5) is 8.78 Å². The van der Waals surface area contributed by atoms with Crippen LogP contribution in [0.25, 0.3) is 0 Å². The quantitative estimate of drug-likeness (QED) is 0.555. The van der Waals surface area contributed by atoms with Gasteiger partial charge in [0.2, 0.25) is 0 Å². The maximum atomic E-state index is 12.6. The van der Waals surface area contributed by atoms with Crippen molar-refractivity contribution in [1.82, 2.24) is 0 Å². The summed E-state index contributed by atoms with van der Waals surface area (Å²) in [4.78, 5) is 10.4. The largest absolute Gasteiger partial charge is 0.275 e. The fourth-order valence-electron chi connectivity index (χ4n) is 0.686. The van der Waals surface area contributed by atoms with E-state index in [1.54, 1.807) is 0 Å². The van der Waals surface area contributed by atoms with Crippen LogP contribution >= 0.6 is 34.8 Å².